The lowest BCUT2D eigenvalue weighted by Gasteiger charge is -2.32. The van der Waals surface area contributed by atoms with Gasteiger partial charge in [-0.1, -0.05) is 67.9 Å². The van der Waals surface area contributed by atoms with E-state index in [2.05, 4.69) is 88.9 Å². The minimum absolute atomic E-state index is 0.00750. The lowest BCUT2D eigenvalue weighted by atomic mass is 9.89. The molecule has 198 valence electrons. The van der Waals surface area contributed by atoms with Gasteiger partial charge in [0.1, 0.15) is 0 Å². The smallest absolute Gasteiger partial charge is 0.226 e. The summed E-state index contributed by atoms with van der Waals surface area (Å²) in [6.45, 7) is 9.50. The van der Waals surface area contributed by atoms with Crippen molar-refractivity contribution in [1.82, 2.24) is 9.88 Å². The second kappa shape index (κ2) is 12.0. The van der Waals surface area contributed by atoms with Gasteiger partial charge in [0, 0.05) is 28.2 Å². The molecule has 1 aliphatic heterocycles. The molecule has 0 saturated carbocycles. The number of hydrogen-bond donors (Lipinski definition) is 2. The summed E-state index contributed by atoms with van der Waals surface area (Å²) in [6, 6.07) is 26.0. The van der Waals surface area contributed by atoms with Crippen LogP contribution in [0, 0.1) is 12.8 Å². The van der Waals surface area contributed by atoms with E-state index in [-0.39, 0.29) is 11.8 Å². The van der Waals surface area contributed by atoms with Crippen LogP contribution in [0.1, 0.15) is 62.1 Å². The fourth-order valence-electron chi connectivity index (χ4n) is 5.76. The van der Waals surface area contributed by atoms with Crippen LogP contribution < -0.4 is 5.32 Å². The van der Waals surface area contributed by atoms with Gasteiger partial charge in [0.2, 0.25) is 5.91 Å². The predicted molar refractivity (Wildman–Crippen MR) is 160 cm³/mol. The molecule has 38 heavy (non-hydrogen) atoms. The number of H-pyrrole nitrogens is 1. The number of likely N-dealkylation sites (tertiary alicyclic amines) is 1. The van der Waals surface area contributed by atoms with Crippen molar-refractivity contribution in [1.29, 1.82) is 0 Å². The number of carbonyl (C=O) groups excluding carboxylic acids is 1. The third-order valence-electron chi connectivity index (χ3n) is 8.01. The Labute approximate surface area is 227 Å². The number of aromatic nitrogens is 1. The van der Waals surface area contributed by atoms with Crippen molar-refractivity contribution < 1.29 is 4.79 Å². The maximum atomic E-state index is 12.1. The highest BCUT2D eigenvalue weighted by Gasteiger charge is 2.21. The van der Waals surface area contributed by atoms with E-state index in [4.69, 9.17) is 0 Å². The van der Waals surface area contributed by atoms with Gasteiger partial charge < -0.3 is 15.2 Å². The van der Waals surface area contributed by atoms with Crippen molar-refractivity contribution in [3.05, 3.63) is 89.5 Å². The van der Waals surface area contributed by atoms with Crippen LogP contribution in [0.4, 0.5) is 5.69 Å². The number of aromatic amines is 1. The molecule has 1 aromatic heterocycles. The van der Waals surface area contributed by atoms with E-state index < -0.39 is 0 Å². The van der Waals surface area contributed by atoms with Crippen molar-refractivity contribution in [2.45, 2.75) is 58.8 Å². The Balaban J connectivity index is 1.15. The van der Waals surface area contributed by atoms with Gasteiger partial charge in [-0.25, -0.2) is 0 Å². The van der Waals surface area contributed by atoms with Crippen molar-refractivity contribution in [3.63, 3.8) is 0 Å². The Morgan fingerprint density at radius 3 is 2.53 bits per heavy atom. The van der Waals surface area contributed by atoms with Crippen LogP contribution >= 0.6 is 0 Å². The monoisotopic (exact) mass is 507 g/mol. The number of nitrogens with zero attached hydrogens (tertiary/aromatic N) is 1. The van der Waals surface area contributed by atoms with Gasteiger partial charge in [-0.15, -0.1) is 0 Å². The Hall–Kier alpha value is -3.37. The molecule has 5 rings (SSSR count). The summed E-state index contributed by atoms with van der Waals surface area (Å²) in [4.78, 5) is 18.4. The van der Waals surface area contributed by atoms with Crippen molar-refractivity contribution >= 4 is 22.5 Å². The summed E-state index contributed by atoms with van der Waals surface area (Å²) in [5, 5.41) is 4.42. The number of nitrogens with one attached hydrogen (secondary N) is 2. The van der Waals surface area contributed by atoms with E-state index >= 15 is 0 Å². The molecule has 0 bridgehead atoms. The summed E-state index contributed by atoms with van der Waals surface area (Å²) < 4.78 is 0. The maximum absolute atomic E-state index is 12.1. The Morgan fingerprint density at radius 2 is 1.76 bits per heavy atom. The number of amides is 1. The molecule has 1 saturated heterocycles. The third kappa shape index (κ3) is 6.19. The highest BCUT2D eigenvalue weighted by Crippen LogP contribution is 2.33. The summed E-state index contributed by atoms with van der Waals surface area (Å²) in [6.07, 6.45) is 5.87. The Bertz CT molecular complexity index is 1360. The number of hydrogen-bond acceptors (Lipinski definition) is 2. The second-order valence-electron chi connectivity index (χ2n) is 11.2. The fraction of sp³-hybridized carbons (Fsp3) is 0.382. The number of unbranched alkanes of at least 4 members (excludes halogenated alkanes) is 1. The molecular formula is C34H41N3O. The normalized spacial score (nSPS) is 14.8. The van der Waals surface area contributed by atoms with E-state index in [9.17, 15) is 4.79 Å². The SMILES string of the molecule is Cc1ccc2[nH]c(-c3ccccc3)c(CCCCN3CCC(c4cccc(NC(=O)C(C)C)c4)CC3)c2c1. The first-order chi connectivity index (χ1) is 18.5. The number of piperidine rings is 1. The average molecular weight is 508 g/mol. The number of rotatable bonds is 9. The van der Waals surface area contributed by atoms with Crippen LogP contribution in [0.5, 0.6) is 0 Å². The number of fused-ring (bicyclic) bond motifs is 1. The van der Waals surface area contributed by atoms with Crippen LogP contribution in [0.3, 0.4) is 0 Å². The molecule has 1 amide bonds. The van der Waals surface area contributed by atoms with Crippen LogP contribution in [0.2, 0.25) is 0 Å². The quantitative estimate of drug-likeness (QED) is 0.226. The van der Waals surface area contributed by atoms with Crippen LogP contribution in [-0.2, 0) is 11.2 Å². The minimum atomic E-state index is -0.00750. The molecule has 4 nitrogen and oxygen atoms in total. The van der Waals surface area contributed by atoms with E-state index in [1.54, 1.807) is 0 Å². The molecule has 1 fully saturated rings. The van der Waals surface area contributed by atoms with Crippen LogP contribution in [0.15, 0.2) is 72.8 Å². The van der Waals surface area contributed by atoms with Crippen LogP contribution in [-0.4, -0.2) is 35.4 Å². The molecule has 1 aliphatic rings. The molecule has 0 aliphatic carbocycles. The van der Waals surface area contributed by atoms with E-state index in [0.29, 0.717) is 5.92 Å². The molecule has 4 aromatic rings. The first kappa shape index (κ1) is 26.2. The average Bonchev–Trinajstić information content (AvgIpc) is 3.29. The number of benzene rings is 3. The zero-order valence-corrected chi connectivity index (χ0v) is 23.1. The molecule has 2 N–H and O–H groups in total. The largest absolute Gasteiger partial charge is 0.354 e. The van der Waals surface area contributed by atoms with Gasteiger partial charge in [0.05, 0.1) is 0 Å². The summed E-state index contributed by atoms with van der Waals surface area (Å²) >= 11 is 0. The molecule has 0 radical (unpaired) electrons. The standard InChI is InChI=1S/C34H41N3O/c1-24(2)34(38)35-29-13-9-12-28(23-29)26-17-20-37(21-18-26)19-8-7-14-30-31-22-25(3)15-16-32(31)36-33(30)27-10-5-4-6-11-27/h4-6,9-13,15-16,22-24,26,36H,7-8,14,17-21H2,1-3H3,(H,35,38). The molecule has 3 aromatic carbocycles. The fourth-order valence-corrected chi connectivity index (χ4v) is 5.76. The molecule has 2 heterocycles. The first-order valence-electron chi connectivity index (χ1n) is 14.3. The summed E-state index contributed by atoms with van der Waals surface area (Å²) in [5.74, 6) is 0.646. The first-order valence-corrected chi connectivity index (χ1v) is 14.3. The van der Waals surface area contributed by atoms with Gasteiger partial charge in [0.15, 0.2) is 0 Å². The lowest BCUT2D eigenvalue weighted by Crippen LogP contribution is -2.33. The van der Waals surface area contributed by atoms with Crippen molar-refractivity contribution in [3.8, 4) is 11.3 Å². The van der Waals surface area contributed by atoms with E-state index in [1.165, 1.54) is 71.1 Å². The van der Waals surface area contributed by atoms with Crippen molar-refractivity contribution in [2.24, 2.45) is 5.92 Å². The van der Waals surface area contributed by atoms with Gasteiger partial charge in [0.25, 0.3) is 0 Å². The van der Waals surface area contributed by atoms with Crippen LogP contribution in [0.25, 0.3) is 22.2 Å². The Morgan fingerprint density at radius 1 is 0.974 bits per heavy atom. The van der Waals surface area contributed by atoms with Gasteiger partial charge in [-0.05, 0) is 106 Å². The third-order valence-corrected chi connectivity index (χ3v) is 8.01. The van der Waals surface area contributed by atoms with E-state index in [1.807, 2.05) is 19.9 Å². The minimum Gasteiger partial charge on any atom is -0.354 e. The zero-order valence-electron chi connectivity index (χ0n) is 23.1. The van der Waals surface area contributed by atoms with Gasteiger partial charge in [-0.2, -0.15) is 0 Å². The highest BCUT2D eigenvalue weighted by atomic mass is 16.1. The number of aryl methyl sites for hydroxylation is 2. The topological polar surface area (TPSA) is 48.1 Å². The summed E-state index contributed by atoms with van der Waals surface area (Å²) in [7, 11) is 0. The summed E-state index contributed by atoms with van der Waals surface area (Å²) in [5.41, 5.74) is 8.83. The highest BCUT2D eigenvalue weighted by molar-refractivity contribution is 5.92. The van der Waals surface area contributed by atoms with Gasteiger partial charge in [-0.3, -0.25) is 4.79 Å². The lowest BCUT2D eigenvalue weighted by molar-refractivity contribution is -0.118. The van der Waals surface area contributed by atoms with E-state index in [0.717, 1.165) is 25.2 Å². The number of anilines is 1. The van der Waals surface area contributed by atoms with Crippen molar-refractivity contribution in [2.75, 3.05) is 25.0 Å². The Kier molecular flexibility index (Phi) is 8.29. The predicted octanol–water partition coefficient (Wildman–Crippen LogP) is 7.94. The second-order valence-corrected chi connectivity index (χ2v) is 11.2. The number of carbonyl (C=O) groups is 1. The molecular weight excluding hydrogens is 466 g/mol. The zero-order chi connectivity index (χ0) is 26.5. The van der Waals surface area contributed by atoms with Gasteiger partial charge >= 0.3 is 0 Å². The molecule has 0 spiro atoms. The molecule has 0 atom stereocenters. The molecule has 0 unspecified atom stereocenters. The molecule has 4 heteroatoms. The maximum Gasteiger partial charge on any atom is 0.226 e.